The Kier molecular flexibility index (Phi) is 4.08. The van der Waals surface area contributed by atoms with Crippen LogP contribution in [0.15, 0.2) is 54.6 Å². The van der Waals surface area contributed by atoms with Gasteiger partial charge in [0.15, 0.2) is 0 Å². The van der Waals surface area contributed by atoms with Crippen molar-refractivity contribution in [2.45, 2.75) is 0 Å². The van der Waals surface area contributed by atoms with Crippen LogP contribution in [0, 0.1) is 0 Å². The number of para-hydroxylation sites is 1. The standard InChI is InChI=1S/C13H12NO5P/c14-11-6-4-5-10(9-11)13(15)19-20(16,17)18-12-7-2-1-3-8-12/h1-9H,14H2,(H,16,17). The van der Waals surface area contributed by atoms with Crippen LogP contribution in [0.25, 0.3) is 0 Å². The van der Waals surface area contributed by atoms with Gasteiger partial charge in [0.2, 0.25) is 0 Å². The van der Waals surface area contributed by atoms with Gasteiger partial charge in [-0.2, -0.15) is 0 Å². The summed E-state index contributed by atoms with van der Waals surface area (Å²) in [5.41, 5.74) is 5.92. The third-order valence-electron chi connectivity index (χ3n) is 2.28. The molecule has 1 unspecified atom stereocenters. The Morgan fingerprint density at radius 2 is 1.80 bits per heavy atom. The van der Waals surface area contributed by atoms with Gasteiger partial charge in [0.1, 0.15) is 5.75 Å². The first-order valence-corrected chi connectivity index (χ1v) is 7.13. The second-order valence-electron chi connectivity index (χ2n) is 3.88. The van der Waals surface area contributed by atoms with Gasteiger partial charge >= 0.3 is 13.8 Å². The van der Waals surface area contributed by atoms with E-state index in [0.717, 1.165) is 0 Å². The van der Waals surface area contributed by atoms with Crippen molar-refractivity contribution >= 4 is 19.5 Å². The van der Waals surface area contributed by atoms with Gasteiger partial charge < -0.3 is 14.8 Å². The van der Waals surface area contributed by atoms with E-state index in [0.29, 0.717) is 5.69 Å². The molecule has 0 bridgehead atoms. The topological polar surface area (TPSA) is 98.9 Å². The molecule has 104 valence electrons. The number of carbonyl (C=O) groups excluding carboxylic acids is 1. The summed E-state index contributed by atoms with van der Waals surface area (Å²) < 4.78 is 20.9. The molecule has 0 saturated heterocycles. The average molecular weight is 293 g/mol. The maximum absolute atomic E-state index is 11.7. The van der Waals surface area contributed by atoms with E-state index in [1.807, 2.05) is 0 Å². The summed E-state index contributed by atoms with van der Waals surface area (Å²) >= 11 is 0. The van der Waals surface area contributed by atoms with Crippen LogP contribution in [0.5, 0.6) is 5.75 Å². The Balaban J connectivity index is 2.08. The predicted octanol–water partition coefficient (Wildman–Crippen LogP) is 2.61. The van der Waals surface area contributed by atoms with Crippen LogP contribution in [-0.4, -0.2) is 10.9 Å². The van der Waals surface area contributed by atoms with E-state index in [2.05, 4.69) is 4.52 Å². The summed E-state index contributed by atoms with van der Waals surface area (Å²) in [7, 11) is -4.54. The molecule has 0 amide bonds. The lowest BCUT2D eigenvalue weighted by Crippen LogP contribution is -2.07. The lowest BCUT2D eigenvalue weighted by molar-refractivity contribution is 0.0683. The minimum absolute atomic E-state index is 0.0657. The number of hydrogen-bond acceptors (Lipinski definition) is 5. The lowest BCUT2D eigenvalue weighted by Gasteiger charge is -2.12. The van der Waals surface area contributed by atoms with E-state index in [9.17, 15) is 14.3 Å². The Morgan fingerprint density at radius 3 is 2.45 bits per heavy atom. The molecule has 0 heterocycles. The highest BCUT2D eigenvalue weighted by molar-refractivity contribution is 7.48. The van der Waals surface area contributed by atoms with Gasteiger partial charge in [-0.05, 0) is 30.3 Å². The van der Waals surface area contributed by atoms with E-state index in [-0.39, 0.29) is 11.3 Å². The summed E-state index contributed by atoms with van der Waals surface area (Å²) in [6, 6.07) is 13.8. The maximum Gasteiger partial charge on any atom is 0.587 e. The van der Waals surface area contributed by atoms with Gasteiger partial charge in [0.05, 0.1) is 5.56 Å². The number of hydrogen-bond donors (Lipinski definition) is 2. The molecule has 0 spiro atoms. The molecule has 0 aromatic heterocycles. The third kappa shape index (κ3) is 3.85. The fraction of sp³-hybridized carbons (Fsp3) is 0. The second-order valence-corrected chi connectivity index (χ2v) is 5.18. The molecule has 0 aliphatic heterocycles. The second kappa shape index (κ2) is 5.77. The molecule has 0 saturated carbocycles. The Hall–Kier alpha value is -2.30. The van der Waals surface area contributed by atoms with Gasteiger partial charge in [-0.1, -0.05) is 24.3 Å². The largest absolute Gasteiger partial charge is 0.587 e. The summed E-state index contributed by atoms with van der Waals surface area (Å²) in [6.45, 7) is 0. The third-order valence-corrected chi connectivity index (χ3v) is 3.12. The highest BCUT2D eigenvalue weighted by atomic mass is 31.2. The summed E-state index contributed by atoms with van der Waals surface area (Å²) in [6.07, 6.45) is 0. The monoisotopic (exact) mass is 293 g/mol. The molecular weight excluding hydrogens is 281 g/mol. The van der Waals surface area contributed by atoms with E-state index in [4.69, 9.17) is 10.3 Å². The molecule has 7 heteroatoms. The molecule has 2 aromatic rings. The first-order valence-electron chi connectivity index (χ1n) is 5.63. The molecule has 0 aliphatic carbocycles. The van der Waals surface area contributed by atoms with Crippen molar-refractivity contribution in [1.82, 2.24) is 0 Å². The molecule has 0 fully saturated rings. The van der Waals surface area contributed by atoms with E-state index < -0.39 is 13.8 Å². The van der Waals surface area contributed by atoms with Gasteiger partial charge in [0.25, 0.3) is 0 Å². The van der Waals surface area contributed by atoms with Crippen LogP contribution in [-0.2, 0) is 9.09 Å². The highest BCUT2D eigenvalue weighted by Crippen LogP contribution is 2.44. The molecule has 6 nitrogen and oxygen atoms in total. The van der Waals surface area contributed by atoms with Gasteiger partial charge in [-0.15, -0.1) is 0 Å². The molecule has 0 radical (unpaired) electrons. The molecule has 2 aromatic carbocycles. The molecular formula is C13H12NO5P. The quantitative estimate of drug-likeness (QED) is 0.664. The minimum atomic E-state index is -4.54. The van der Waals surface area contributed by atoms with Crippen LogP contribution in [0.2, 0.25) is 0 Å². The number of benzene rings is 2. The summed E-state index contributed by atoms with van der Waals surface area (Å²) in [5, 5.41) is 0. The van der Waals surface area contributed by atoms with E-state index in [1.165, 1.54) is 30.3 Å². The maximum atomic E-state index is 11.7. The number of anilines is 1. The molecule has 3 N–H and O–H groups in total. The van der Waals surface area contributed by atoms with Crippen molar-refractivity contribution in [3.05, 3.63) is 60.2 Å². The van der Waals surface area contributed by atoms with E-state index in [1.54, 1.807) is 24.3 Å². The van der Waals surface area contributed by atoms with Crippen LogP contribution in [0.4, 0.5) is 5.69 Å². The van der Waals surface area contributed by atoms with Crippen LogP contribution in [0.1, 0.15) is 10.4 Å². The highest BCUT2D eigenvalue weighted by Gasteiger charge is 2.28. The van der Waals surface area contributed by atoms with Crippen LogP contribution < -0.4 is 10.3 Å². The molecule has 1 atom stereocenters. The smallest absolute Gasteiger partial charge is 0.399 e. The zero-order valence-corrected chi connectivity index (χ0v) is 11.2. The fourth-order valence-corrected chi connectivity index (χ4v) is 2.20. The van der Waals surface area contributed by atoms with Gasteiger partial charge in [0, 0.05) is 5.69 Å². The van der Waals surface area contributed by atoms with Crippen molar-refractivity contribution in [3.8, 4) is 5.75 Å². The zero-order chi connectivity index (χ0) is 14.6. The zero-order valence-electron chi connectivity index (χ0n) is 10.3. The Bertz CT molecular complexity index is 659. The number of rotatable bonds is 4. The normalized spacial score (nSPS) is 13.2. The number of carbonyl (C=O) groups is 1. The molecule has 20 heavy (non-hydrogen) atoms. The number of nitrogens with two attached hydrogens (primary N) is 1. The minimum Gasteiger partial charge on any atom is -0.399 e. The average Bonchev–Trinajstić information content (AvgIpc) is 2.38. The van der Waals surface area contributed by atoms with Crippen molar-refractivity contribution < 1.29 is 23.3 Å². The van der Waals surface area contributed by atoms with Crippen molar-refractivity contribution in [3.63, 3.8) is 0 Å². The molecule has 0 aliphatic rings. The van der Waals surface area contributed by atoms with Crippen molar-refractivity contribution in [2.24, 2.45) is 0 Å². The van der Waals surface area contributed by atoms with Crippen LogP contribution >= 0.6 is 7.82 Å². The first-order chi connectivity index (χ1) is 9.46. The van der Waals surface area contributed by atoms with Crippen molar-refractivity contribution in [2.75, 3.05) is 5.73 Å². The Labute approximate surface area is 115 Å². The number of phosphoric acid groups is 1. The number of phosphoric ester groups is 1. The van der Waals surface area contributed by atoms with Gasteiger partial charge in [-0.3, -0.25) is 4.89 Å². The van der Waals surface area contributed by atoms with Crippen molar-refractivity contribution in [1.29, 1.82) is 0 Å². The Morgan fingerprint density at radius 1 is 1.10 bits per heavy atom. The fourth-order valence-electron chi connectivity index (χ4n) is 1.46. The van der Waals surface area contributed by atoms with Crippen LogP contribution in [0.3, 0.4) is 0 Å². The molecule has 2 rings (SSSR count). The summed E-state index contributed by atoms with van der Waals surface area (Å²) in [4.78, 5) is 21.2. The van der Waals surface area contributed by atoms with E-state index >= 15 is 0 Å². The predicted molar refractivity (Wildman–Crippen MR) is 73.2 cm³/mol. The first kappa shape index (κ1) is 14.1. The lowest BCUT2D eigenvalue weighted by atomic mass is 10.2. The SMILES string of the molecule is Nc1cccc(C(=O)OP(=O)(O)Oc2ccccc2)c1. The van der Waals surface area contributed by atoms with Gasteiger partial charge in [-0.25, -0.2) is 9.36 Å². The summed E-state index contributed by atoms with van der Waals surface area (Å²) in [5.74, 6) is -0.863. The number of nitrogen functional groups attached to an aromatic ring is 1.